The lowest BCUT2D eigenvalue weighted by Gasteiger charge is -2.08. The Kier molecular flexibility index (Phi) is 3.84. The van der Waals surface area contributed by atoms with Crippen molar-refractivity contribution in [3.63, 3.8) is 0 Å². The third kappa shape index (κ3) is 2.52. The van der Waals surface area contributed by atoms with Gasteiger partial charge >= 0.3 is 0 Å². The van der Waals surface area contributed by atoms with Crippen LogP contribution in [0, 0.1) is 5.82 Å². The first kappa shape index (κ1) is 12.2. The van der Waals surface area contributed by atoms with Gasteiger partial charge in [-0.15, -0.1) is 11.6 Å². The number of halogens is 2. The normalized spacial score (nSPS) is 13.4. The molecule has 0 unspecified atom stereocenters. The van der Waals surface area contributed by atoms with E-state index in [2.05, 4.69) is 5.32 Å². The van der Waals surface area contributed by atoms with Crippen LogP contribution in [0.25, 0.3) is 0 Å². The van der Waals surface area contributed by atoms with Gasteiger partial charge in [0.25, 0.3) is 5.91 Å². The van der Waals surface area contributed by atoms with Crippen LogP contribution in [0.4, 0.5) is 4.39 Å². The number of fused-ring (bicyclic) bond motifs is 1. The predicted octanol–water partition coefficient (Wildman–Crippen LogP) is 2.47. The van der Waals surface area contributed by atoms with Gasteiger partial charge in [0.2, 0.25) is 0 Å². The van der Waals surface area contributed by atoms with E-state index in [0.717, 1.165) is 12.8 Å². The number of rotatable bonds is 5. The van der Waals surface area contributed by atoms with Crippen LogP contribution in [-0.4, -0.2) is 18.4 Å². The van der Waals surface area contributed by atoms with Crippen molar-refractivity contribution in [3.05, 3.63) is 29.1 Å². The second-order valence-corrected chi connectivity index (χ2v) is 4.22. The fraction of sp³-hybridized carbons (Fsp3) is 0.417. The molecule has 0 atom stereocenters. The molecular formula is C12H13ClFNO2. The SMILES string of the molecule is O=C1NCc2ccc(OCCCCCl)c(F)c21. The van der Waals surface area contributed by atoms with E-state index >= 15 is 0 Å². The van der Waals surface area contributed by atoms with Crippen LogP contribution in [-0.2, 0) is 6.54 Å². The average molecular weight is 258 g/mol. The lowest BCUT2D eigenvalue weighted by atomic mass is 10.1. The molecule has 0 aliphatic carbocycles. The second-order valence-electron chi connectivity index (χ2n) is 3.84. The van der Waals surface area contributed by atoms with Gasteiger partial charge in [0.1, 0.15) is 0 Å². The third-order valence-corrected chi connectivity index (χ3v) is 2.91. The molecule has 1 aliphatic heterocycles. The van der Waals surface area contributed by atoms with Gasteiger partial charge < -0.3 is 10.1 Å². The average Bonchev–Trinajstić information content (AvgIpc) is 2.70. The lowest BCUT2D eigenvalue weighted by Crippen LogP contribution is -2.13. The van der Waals surface area contributed by atoms with Crippen molar-refractivity contribution in [2.75, 3.05) is 12.5 Å². The molecule has 1 aliphatic rings. The molecule has 1 amide bonds. The van der Waals surface area contributed by atoms with E-state index < -0.39 is 5.82 Å². The summed E-state index contributed by atoms with van der Waals surface area (Å²) in [7, 11) is 0. The molecular weight excluding hydrogens is 245 g/mol. The largest absolute Gasteiger partial charge is 0.490 e. The minimum Gasteiger partial charge on any atom is -0.490 e. The van der Waals surface area contributed by atoms with Gasteiger partial charge in [0, 0.05) is 12.4 Å². The Morgan fingerprint density at radius 2 is 2.24 bits per heavy atom. The van der Waals surface area contributed by atoms with Gasteiger partial charge in [0.05, 0.1) is 12.2 Å². The van der Waals surface area contributed by atoms with E-state index in [1.54, 1.807) is 12.1 Å². The number of nitrogens with one attached hydrogen (secondary N) is 1. The van der Waals surface area contributed by atoms with Gasteiger partial charge in [-0.2, -0.15) is 0 Å². The Hall–Kier alpha value is -1.29. The summed E-state index contributed by atoms with van der Waals surface area (Å²) in [5.74, 6) is -0.235. The molecule has 0 aromatic heterocycles. The van der Waals surface area contributed by atoms with Crippen molar-refractivity contribution in [2.45, 2.75) is 19.4 Å². The van der Waals surface area contributed by atoms with Crippen molar-refractivity contribution < 1.29 is 13.9 Å². The number of alkyl halides is 1. The minimum atomic E-state index is -0.566. The number of hydrogen-bond acceptors (Lipinski definition) is 2. The molecule has 1 aromatic carbocycles. The predicted molar refractivity (Wildman–Crippen MR) is 63.0 cm³/mol. The van der Waals surface area contributed by atoms with E-state index in [1.807, 2.05) is 0 Å². The molecule has 1 heterocycles. The maximum absolute atomic E-state index is 13.9. The molecule has 0 spiro atoms. The monoisotopic (exact) mass is 257 g/mol. The first-order valence-electron chi connectivity index (χ1n) is 5.52. The number of carbonyl (C=O) groups excluding carboxylic acids is 1. The van der Waals surface area contributed by atoms with Crippen molar-refractivity contribution in [1.82, 2.24) is 5.32 Å². The summed E-state index contributed by atoms with van der Waals surface area (Å²) in [6, 6.07) is 3.28. The molecule has 0 fully saturated rings. The van der Waals surface area contributed by atoms with E-state index in [-0.39, 0.29) is 17.2 Å². The van der Waals surface area contributed by atoms with E-state index in [4.69, 9.17) is 16.3 Å². The van der Waals surface area contributed by atoms with Crippen molar-refractivity contribution >= 4 is 17.5 Å². The smallest absolute Gasteiger partial charge is 0.255 e. The highest BCUT2D eigenvalue weighted by Gasteiger charge is 2.25. The van der Waals surface area contributed by atoms with Gasteiger partial charge in [-0.05, 0) is 24.5 Å². The van der Waals surface area contributed by atoms with Crippen molar-refractivity contribution in [1.29, 1.82) is 0 Å². The van der Waals surface area contributed by atoms with Crippen LogP contribution in [0.3, 0.4) is 0 Å². The lowest BCUT2D eigenvalue weighted by molar-refractivity contribution is 0.0961. The van der Waals surface area contributed by atoms with Crippen LogP contribution in [0.2, 0.25) is 0 Å². The van der Waals surface area contributed by atoms with Gasteiger partial charge in [-0.1, -0.05) is 6.07 Å². The second kappa shape index (κ2) is 5.36. The number of benzene rings is 1. The molecule has 17 heavy (non-hydrogen) atoms. The summed E-state index contributed by atoms with van der Waals surface area (Å²) in [6.45, 7) is 0.793. The highest BCUT2D eigenvalue weighted by Crippen LogP contribution is 2.27. The zero-order chi connectivity index (χ0) is 12.3. The fourth-order valence-corrected chi connectivity index (χ4v) is 1.93. The van der Waals surface area contributed by atoms with Crippen LogP contribution >= 0.6 is 11.6 Å². The minimum absolute atomic E-state index is 0.111. The molecule has 92 valence electrons. The van der Waals surface area contributed by atoms with Crippen molar-refractivity contribution in [2.24, 2.45) is 0 Å². The summed E-state index contributed by atoms with van der Waals surface area (Å²) in [5.41, 5.74) is 0.792. The van der Waals surface area contributed by atoms with Crippen LogP contribution in [0.15, 0.2) is 12.1 Å². The summed E-state index contributed by atoms with van der Waals surface area (Å²) in [4.78, 5) is 11.4. The topological polar surface area (TPSA) is 38.3 Å². The summed E-state index contributed by atoms with van der Waals surface area (Å²) >= 11 is 5.53. The molecule has 0 saturated heterocycles. The number of carbonyl (C=O) groups is 1. The zero-order valence-electron chi connectivity index (χ0n) is 9.26. The van der Waals surface area contributed by atoms with Gasteiger partial charge in [-0.25, -0.2) is 4.39 Å². The van der Waals surface area contributed by atoms with Crippen LogP contribution < -0.4 is 10.1 Å². The maximum atomic E-state index is 13.9. The standard InChI is InChI=1S/C12H13ClFNO2/c13-5-1-2-6-17-9-4-3-8-7-15-12(16)10(8)11(9)14/h3-4H,1-2,5-7H2,(H,15,16). The molecule has 5 heteroatoms. The molecule has 1 N–H and O–H groups in total. The Balaban J connectivity index is 2.09. The maximum Gasteiger partial charge on any atom is 0.255 e. The van der Waals surface area contributed by atoms with Gasteiger partial charge in [-0.3, -0.25) is 4.79 Å². The summed E-state index contributed by atoms with van der Waals surface area (Å²) in [6.07, 6.45) is 1.60. The molecule has 1 aromatic rings. The Morgan fingerprint density at radius 3 is 3.00 bits per heavy atom. The molecule has 0 saturated carbocycles. The van der Waals surface area contributed by atoms with E-state index in [0.29, 0.717) is 24.6 Å². The number of amides is 1. The molecule has 0 bridgehead atoms. The summed E-state index contributed by atoms with van der Waals surface area (Å²) in [5, 5.41) is 2.58. The summed E-state index contributed by atoms with van der Waals surface area (Å²) < 4.78 is 19.2. The van der Waals surface area contributed by atoms with E-state index in [1.165, 1.54) is 0 Å². The number of unbranched alkanes of at least 4 members (excludes halogenated alkanes) is 1. The first-order chi connectivity index (χ1) is 8.24. The fourth-order valence-electron chi connectivity index (χ4n) is 1.74. The molecule has 3 nitrogen and oxygen atoms in total. The Morgan fingerprint density at radius 1 is 1.41 bits per heavy atom. The highest BCUT2D eigenvalue weighted by atomic mass is 35.5. The zero-order valence-corrected chi connectivity index (χ0v) is 10.0. The van der Waals surface area contributed by atoms with Crippen LogP contribution in [0.1, 0.15) is 28.8 Å². The van der Waals surface area contributed by atoms with Gasteiger partial charge in [0.15, 0.2) is 11.6 Å². The third-order valence-electron chi connectivity index (χ3n) is 2.64. The quantitative estimate of drug-likeness (QED) is 0.650. The molecule has 2 rings (SSSR count). The molecule has 0 radical (unpaired) electrons. The van der Waals surface area contributed by atoms with E-state index in [9.17, 15) is 9.18 Å². The Labute approximate surface area is 104 Å². The highest BCUT2D eigenvalue weighted by molar-refractivity contribution is 6.17. The first-order valence-corrected chi connectivity index (χ1v) is 6.06. The number of ether oxygens (including phenoxy) is 1. The Bertz CT molecular complexity index is 437. The number of hydrogen-bond donors (Lipinski definition) is 1. The van der Waals surface area contributed by atoms with Crippen molar-refractivity contribution in [3.8, 4) is 5.75 Å². The van der Waals surface area contributed by atoms with Crippen LogP contribution in [0.5, 0.6) is 5.75 Å².